The second-order valence-corrected chi connectivity index (χ2v) is 10.6. The van der Waals surface area contributed by atoms with Crippen LogP contribution in [0.5, 0.6) is 5.75 Å². The maximum atomic E-state index is 12.8. The Labute approximate surface area is 224 Å². The van der Waals surface area contributed by atoms with Gasteiger partial charge in [0.2, 0.25) is 5.91 Å². The highest BCUT2D eigenvalue weighted by Gasteiger charge is 2.57. The van der Waals surface area contributed by atoms with Gasteiger partial charge in [0.05, 0.1) is 18.3 Å². The molecule has 3 aromatic rings. The van der Waals surface area contributed by atoms with Crippen molar-refractivity contribution in [2.75, 3.05) is 23.1 Å². The molecule has 0 aliphatic carbocycles. The van der Waals surface area contributed by atoms with Crippen LogP contribution in [0.2, 0.25) is 0 Å². The molecule has 2 N–H and O–H groups in total. The van der Waals surface area contributed by atoms with Crippen molar-refractivity contribution in [3.05, 3.63) is 114 Å². The summed E-state index contributed by atoms with van der Waals surface area (Å²) >= 11 is 0. The fourth-order valence-corrected chi connectivity index (χ4v) is 6.08. The standard InChI is InChI=1S/C32H34N4O2/c1-4-38-26-16-14-23(15-17-26)30-24(22-36(34-30)25-10-6-5-7-11-25)18-20-32-31(2,3)27-12-8-9-13-28(27)35(32)21-19-29(37)33-32/h5-18,20,22,30,34H,4,19,21H2,1-3H3,(H,33,37)/b20-18+/t30-,32-/m0/s1. The van der Waals surface area contributed by atoms with Gasteiger partial charge in [-0.15, -0.1) is 0 Å². The van der Waals surface area contributed by atoms with Crippen molar-refractivity contribution in [3.8, 4) is 5.75 Å². The summed E-state index contributed by atoms with van der Waals surface area (Å²) < 4.78 is 5.67. The summed E-state index contributed by atoms with van der Waals surface area (Å²) in [4.78, 5) is 15.2. The first-order valence-corrected chi connectivity index (χ1v) is 13.4. The van der Waals surface area contributed by atoms with Crippen molar-refractivity contribution in [3.63, 3.8) is 0 Å². The first kappa shape index (κ1) is 24.3. The van der Waals surface area contributed by atoms with Crippen molar-refractivity contribution in [1.82, 2.24) is 10.7 Å². The molecule has 0 saturated carbocycles. The Morgan fingerprint density at radius 1 is 1.00 bits per heavy atom. The number of rotatable bonds is 6. The summed E-state index contributed by atoms with van der Waals surface area (Å²) in [6.07, 6.45) is 7.02. The number of hydrogen-bond donors (Lipinski definition) is 2. The fourth-order valence-electron chi connectivity index (χ4n) is 6.08. The van der Waals surface area contributed by atoms with Gasteiger partial charge in [-0.3, -0.25) is 9.80 Å². The number of nitrogens with zero attached hydrogens (tertiary/aromatic N) is 2. The molecule has 1 fully saturated rings. The van der Waals surface area contributed by atoms with Gasteiger partial charge in [0.25, 0.3) is 0 Å². The highest BCUT2D eigenvalue weighted by atomic mass is 16.5. The largest absolute Gasteiger partial charge is 0.494 e. The van der Waals surface area contributed by atoms with Crippen LogP contribution in [-0.4, -0.2) is 24.7 Å². The zero-order valence-corrected chi connectivity index (χ0v) is 22.1. The van der Waals surface area contributed by atoms with Crippen LogP contribution in [0.4, 0.5) is 11.4 Å². The lowest BCUT2D eigenvalue weighted by molar-refractivity contribution is -0.124. The molecule has 3 aliphatic heterocycles. The number of hydrazine groups is 1. The van der Waals surface area contributed by atoms with E-state index in [1.165, 1.54) is 11.3 Å². The van der Waals surface area contributed by atoms with Crippen molar-refractivity contribution < 1.29 is 9.53 Å². The molecule has 6 heteroatoms. The third kappa shape index (κ3) is 3.87. The van der Waals surface area contributed by atoms with Gasteiger partial charge in [0.1, 0.15) is 11.4 Å². The minimum absolute atomic E-state index is 0.0573. The monoisotopic (exact) mass is 506 g/mol. The molecule has 1 amide bonds. The van der Waals surface area contributed by atoms with Gasteiger partial charge in [-0.25, -0.2) is 5.43 Å². The Bertz CT molecular complexity index is 1400. The smallest absolute Gasteiger partial charge is 0.223 e. The number of fused-ring (bicyclic) bond motifs is 3. The van der Waals surface area contributed by atoms with E-state index in [9.17, 15) is 4.79 Å². The maximum Gasteiger partial charge on any atom is 0.223 e. The van der Waals surface area contributed by atoms with E-state index >= 15 is 0 Å². The van der Waals surface area contributed by atoms with Gasteiger partial charge in [0.15, 0.2) is 0 Å². The molecule has 1 saturated heterocycles. The van der Waals surface area contributed by atoms with Gasteiger partial charge in [-0.05, 0) is 60.0 Å². The van der Waals surface area contributed by atoms with E-state index in [1.54, 1.807) is 0 Å². The van der Waals surface area contributed by atoms with Crippen LogP contribution in [0, 0.1) is 0 Å². The zero-order chi connectivity index (χ0) is 26.3. The molecule has 38 heavy (non-hydrogen) atoms. The SMILES string of the molecule is CCOc1ccc([C@@H]2NN(c3ccccc3)C=C2/C=C/[C@]23NC(=O)CCN2c2ccccc2C3(C)C)cc1. The Morgan fingerprint density at radius 3 is 2.50 bits per heavy atom. The van der Waals surface area contributed by atoms with Gasteiger partial charge in [-0.1, -0.05) is 68.5 Å². The van der Waals surface area contributed by atoms with Crippen LogP contribution < -0.4 is 25.4 Å². The van der Waals surface area contributed by atoms with Gasteiger partial charge in [-0.2, -0.15) is 0 Å². The second kappa shape index (κ2) is 9.37. The van der Waals surface area contributed by atoms with Gasteiger partial charge in [0, 0.05) is 30.3 Å². The van der Waals surface area contributed by atoms with Crippen LogP contribution in [-0.2, 0) is 10.2 Å². The second-order valence-electron chi connectivity index (χ2n) is 10.6. The molecule has 3 heterocycles. The normalized spacial score (nSPS) is 23.7. The molecule has 0 radical (unpaired) electrons. The molecule has 0 aromatic heterocycles. The number of ether oxygens (including phenoxy) is 1. The quantitative estimate of drug-likeness (QED) is 0.456. The topological polar surface area (TPSA) is 56.8 Å². The molecule has 0 spiro atoms. The van der Waals surface area contributed by atoms with E-state index < -0.39 is 5.66 Å². The third-order valence-electron chi connectivity index (χ3n) is 8.09. The fraction of sp³-hybridized carbons (Fsp3) is 0.281. The van der Waals surface area contributed by atoms with E-state index in [1.807, 2.05) is 37.3 Å². The molecule has 0 bridgehead atoms. The predicted octanol–water partition coefficient (Wildman–Crippen LogP) is 5.61. The van der Waals surface area contributed by atoms with E-state index in [-0.39, 0.29) is 17.4 Å². The average Bonchev–Trinajstić information content (AvgIpc) is 3.44. The number of nitrogens with one attached hydrogen (secondary N) is 2. The lowest BCUT2D eigenvalue weighted by Crippen LogP contribution is -2.68. The number of hydrogen-bond acceptors (Lipinski definition) is 5. The molecule has 2 atom stereocenters. The van der Waals surface area contributed by atoms with Crippen LogP contribution in [0.25, 0.3) is 0 Å². The summed E-state index contributed by atoms with van der Waals surface area (Å²) in [5, 5.41) is 5.47. The number of carbonyl (C=O) groups is 1. The molecule has 6 rings (SSSR count). The maximum absolute atomic E-state index is 12.8. The van der Waals surface area contributed by atoms with E-state index in [0.717, 1.165) is 22.6 Å². The van der Waals surface area contributed by atoms with Crippen LogP contribution in [0.1, 0.15) is 44.4 Å². The highest BCUT2D eigenvalue weighted by Crippen LogP contribution is 2.52. The number of anilines is 2. The third-order valence-corrected chi connectivity index (χ3v) is 8.09. The molecule has 3 aromatic carbocycles. The summed E-state index contributed by atoms with van der Waals surface area (Å²) in [7, 11) is 0. The Kier molecular flexibility index (Phi) is 6.00. The van der Waals surface area contributed by atoms with Crippen molar-refractivity contribution in [1.29, 1.82) is 0 Å². The molecule has 0 unspecified atom stereocenters. The Balaban J connectivity index is 1.41. The van der Waals surface area contributed by atoms with Crippen molar-refractivity contribution >= 4 is 17.3 Å². The summed E-state index contributed by atoms with van der Waals surface area (Å²) in [5.74, 6) is 0.944. The predicted molar refractivity (Wildman–Crippen MR) is 152 cm³/mol. The molecule has 6 nitrogen and oxygen atoms in total. The van der Waals surface area contributed by atoms with E-state index in [4.69, 9.17) is 4.74 Å². The highest BCUT2D eigenvalue weighted by molar-refractivity contribution is 5.84. The summed E-state index contributed by atoms with van der Waals surface area (Å²) in [6.45, 7) is 7.77. The number of para-hydroxylation sites is 2. The minimum Gasteiger partial charge on any atom is -0.494 e. The van der Waals surface area contributed by atoms with Crippen molar-refractivity contribution in [2.24, 2.45) is 0 Å². The zero-order valence-electron chi connectivity index (χ0n) is 22.1. The number of carbonyl (C=O) groups excluding carboxylic acids is 1. The van der Waals surface area contributed by atoms with Crippen LogP contribution in [0.3, 0.4) is 0 Å². The van der Waals surface area contributed by atoms with Gasteiger partial charge >= 0.3 is 0 Å². The van der Waals surface area contributed by atoms with Crippen LogP contribution in [0.15, 0.2) is 103 Å². The number of amides is 1. The van der Waals surface area contributed by atoms with E-state index in [0.29, 0.717) is 19.6 Å². The first-order chi connectivity index (χ1) is 18.4. The Morgan fingerprint density at radius 2 is 1.74 bits per heavy atom. The van der Waals surface area contributed by atoms with Gasteiger partial charge < -0.3 is 15.0 Å². The number of benzene rings is 3. The Hall–Kier alpha value is -4.03. The first-order valence-electron chi connectivity index (χ1n) is 13.4. The molecular weight excluding hydrogens is 472 g/mol. The van der Waals surface area contributed by atoms with Crippen LogP contribution >= 0.6 is 0 Å². The van der Waals surface area contributed by atoms with Crippen molar-refractivity contribution in [2.45, 2.75) is 44.3 Å². The molecule has 194 valence electrons. The average molecular weight is 507 g/mol. The van der Waals surface area contributed by atoms with E-state index in [2.05, 4.69) is 101 Å². The minimum atomic E-state index is -0.656. The lowest BCUT2D eigenvalue weighted by atomic mass is 9.74. The molecule has 3 aliphatic rings. The summed E-state index contributed by atoms with van der Waals surface area (Å²) in [6, 6.07) is 27.0. The molecular formula is C32H34N4O2. The summed E-state index contributed by atoms with van der Waals surface area (Å²) in [5.41, 5.74) is 8.43. The lowest BCUT2D eigenvalue weighted by Gasteiger charge is -2.49.